The molecule has 3 nitrogen and oxygen atoms in total. The molecule has 0 aliphatic rings. The van der Waals surface area contributed by atoms with Crippen LogP contribution in [0.2, 0.25) is 0 Å². The summed E-state index contributed by atoms with van der Waals surface area (Å²) in [7, 11) is 0. The van der Waals surface area contributed by atoms with Crippen molar-refractivity contribution in [3.05, 3.63) is 24.3 Å². The molecule has 0 fully saturated rings. The van der Waals surface area contributed by atoms with Gasteiger partial charge in [0.1, 0.15) is 5.00 Å². The van der Waals surface area contributed by atoms with Crippen molar-refractivity contribution in [1.29, 1.82) is 0 Å². The Kier molecular flexibility index (Phi) is 3.18. The van der Waals surface area contributed by atoms with Gasteiger partial charge in [-0.25, -0.2) is 0 Å². The Morgan fingerprint density at radius 1 is 1.47 bits per heavy atom. The maximum atomic E-state index is 9.14. The lowest BCUT2D eigenvalue weighted by atomic mass is 10.2. The van der Waals surface area contributed by atoms with E-state index in [-0.39, 0.29) is 6.10 Å². The smallest absolute Gasteiger partial charge is 0.117 e. The van der Waals surface area contributed by atoms with E-state index >= 15 is 0 Å². The van der Waals surface area contributed by atoms with E-state index < -0.39 is 0 Å². The number of aliphatic hydroxyl groups is 1. The lowest BCUT2D eigenvalue weighted by molar-refractivity contribution is 0.189. The molecule has 1 heterocycles. The van der Waals surface area contributed by atoms with Crippen LogP contribution < -0.4 is 5.32 Å². The van der Waals surface area contributed by atoms with Crippen molar-refractivity contribution < 1.29 is 5.11 Å². The molecule has 1 aromatic carbocycles. The standard InChI is InChI=1S/C11H14N2OS/c1-8(14)6-7-12-11-9-4-2-3-5-10(9)13-15-11/h2-5,8,12,14H,6-7H2,1H3. The minimum Gasteiger partial charge on any atom is -0.393 e. The van der Waals surface area contributed by atoms with Crippen LogP contribution in [0.3, 0.4) is 0 Å². The molecular weight excluding hydrogens is 208 g/mol. The summed E-state index contributed by atoms with van der Waals surface area (Å²) >= 11 is 1.47. The van der Waals surface area contributed by atoms with Crippen LogP contribution in [0, 0.1) is 0 Å². The van der Waals surface area contributed by atoms with E-state index in [9.17, 15) is 0 Å². The lowest BCUT2D eigenvalue weighted by Crippen LogP contribution is -2.08. The SMILES string of the molecule is CC(O)CCNc1snc2ccccc12. The van der Waals surface area contributed by atoms with Gasteiger partial charge in [-0.15, -0.1) is 0 Å². The van der Waals surface area contributed by atoms with Crippen LogP contribution in [-0.2, 0) is 0 Å². The highest BCUT2D eigenvalue weighted by Gasteiger charge is 2.04. The maximum Gasteiger partial charge on any atom is 0.117 e. The first-order valence-corrected chi connectivity index (χ1v) is 5.81. The number of hydrogen-bond donors (Lipinski definition) is 2. The fraction of sp³-hybridized carbons (Fsp3) is 0.364. The third kappa shape index (κ3) is 2.46. The molecule has 0 spiro atoms. The van der Waals surface area contributed by atoms with Gasteiger partial charge >= 0.3 is 0 Å². The molecule has 2 rings (SSSR count). The highest BCUT2D eigenvalue weighted by atomic mass is 32.1. The van der Waals surface area contributed by atoms with Crippen LogP contribution in [0.15, 0.2) is 24.3 Å². The van der Waals surface area contributed by atoms with Crippen molar-refractivity contribution in [2.45, 2.75) is 19.4 Å². The van der Waals surface area contributed by atoms with Gasteiger partial charge in [-0.2, -0.15) is 4.37 Å². The summed E-state index contributed by atoms with van der Waals surface area (Å²) in [6.45, 7) is 2.58. The molecule has 0 aliphatic carbocycles. The predicted octanol–water partition coefficient (Wildman–Crippen LogP) is 2.48. The fourth-order valence-electron chi connectivity index (χ4n) is 1.41. The summed E-state index contributed by atoms with van der Waals surface area (Å²) in [5.74, 6) is 0. The topological polar surface area (TPSA) is 45.1 Å². The molecule has 0 radical (unpaired) electrons. The Bertz CT molecular complexity index is 439. The second-order valence-corrected chi connectivity index (χ2v) is 4.37. The zero-order valence-electron chi connectivity index (χ0n) is 8.60. The molecule has 0 saturated carbocycles. The number of rotatable bonds is 4. The van der Waals surface area contributed by atoms with Gasteiger partial charge in [0.15, 0.2) is 0 Å². The zero-order chi connectivity index (χ0) is 10.7. The summed E-state index contributed by atoms with van der Waals surface area (Å²) in [5.41, 5.74) is 1.03. The number of anilines is 1. The zero-order valence-corrected chi connectivity index (χ0v) is 9.42. The van der Waals surface area contributed by atoms with Crippen molar-refractivity contribution >= 4 is 27.4 Å². The van der Waals surface area contributed by atoms with Crippen molar-refractivity contribution in [3.63, 3.8) is 0 Å². The normalized spacial score (nSPS) is 12.9. The summed E-state index contributed by atoms with van der Waals surface area (Å²) in [4.78, 5) is 0. The number of aromatic nitrogens is 1. The molecule has 1 atom stereocenters. The van der Waals surface area contributed by atoms with Crippen LogP contribution in [-0.4, -0.2) is 22.1 Å². The number of benzene rings is 1. The average Bonchev–Trinajstić information content (AvgIpc) is 2.62. The summed E-state index contributed by atoms with van der Waals surface area (Å²) < 4.78 is 4.33. The molecule has 15 heavy (non-hydrogen) atoms. The third-order valence-electron chi connectivity index (χ3n) is 2.23. The van der Waals surface area contributed by atoms with Crippen LogP contribution in [0.4, 0.5) is 5.00 Å². The van der Waals surface area contributed by atoms with E-state index in [4.69, 9.17) is 5.11 Å². The average molecular weight is 222 g/mol. The van der Waals surface area contributed by atoms with Crippen LogP contribution >= 0.6 is 11.5 Å². The molecule has 2 N–H and O–H groups in total. The molecule has 0 bridgehead atoms. The van der Waals surface area contributed by atoms with Gasteiger partial charge in [0, 0.05) is 11.9 Å². The van der Waals surface area contributed by atoms with Gasteiger partial charge in [0.05, 0.1) is 11.6 Å². The highest BCUT2D eigenvalue weighted by Crippen LogP contribution is 2.26. The second-order valence-electron chi connectivity index (χ2n) is 3.59. The minimum absolute atomic E-state index is 0.253. The second kappa shape index (κ2) is 4.59. The number of nitrogens with one attached hydrogen (secondary N) is 1. The molecule has 2 aromatic rings. The van der Waals surface area contributed by atoms with Crippen LogP contribution in [0.5, 0.6) is 0 Å². The molecule has 80 valence electrons. The summed E-state index contributed by atoms with van der Waals surface area (Å²) in [5, 5.41) is 14.7. The van der Waals surface area contributed by atoms with Crippen molar-refractivity contribution in [2.75, 3.05) is 11.9 Å². The molecule has 1 unspecified atom stereocenters. The van der Waals surface area contributed by atoms with Crippen molar-refractivity contribution in [3.8, 4) is 0 Å². The van der Waals surface area contributed by atoms with E-state index in [2.05, 4.69) is 15.8 Å². The van der Waals surface area contributed by atoms with Crippen molar-refractivity contribution in [2.24, 2.45) is 0 Å². The first kappa shape index (κ1) is 10.4. The quantitative estimate of drug-likeness (QED) is 0.835. The Labute approximate surface area is 92.9 Å². The van der Waals surface area contributed by atoms with Crippen LogP contribution in [0.1, 0.15) is 13.3 Å². The Hall–Kier alpha value is -1.13. The molecule has 4 heteroatoms. The van der Waals surface area contributed by atoms with Gasteiger partial charge in [-0.3, -0.25) is 0 Å². The van der Waals surface area contributed by atoms with Crippen LogP contribution in [0.25, 0.3) is 10.9 Å². The number of nitrogens with zero attached hydrogens (tertiary/aromatic N) is 1. The van der Waals surface area contributed by atoms with E-state index in [1.165, 1.54) is 11.5 Å². The monoisotopic (exact) mass is 222 g/mol. The van der Waals surface area contributed by atoms with Crippen molar-refractivity contribution in [1.82, 2.24) is 4.37 Å². The predicted molar refractivity (Wildman–Crippen MR) is 64.4 cm³/mol. The number of hydrogen-bond acceptors (Lipinski definition) is 4. The van der Waals surface area contributed by atoms with E-state index in [1.807, 2.05) is 18.2 Å². The van der Waals surface area contributed by atoms with Gasteiger partial charge in [0.2, 0.25) is 0 Å². The molecule has 0 aliphatic heterocycles. The molecule has 0 amide bonds. The van der Waals surface area contributed by atoms with E-state index in [1.54, 1.807) is 6.92 Å². The molecule has 0 saturated heterocycles. The van der Waals surface area contributed by atoms with Gasteiger partial charge in [0.25, 0.3) is 0 Å². The van der Waals surface area contributed by atoms with Gasteiger partial charge < -0.3 is 10.4 Å². The highest BCUT2D eigenvalue weighted by molar-refractivity contribution is 7.11. The Morgan fingerprint density at radius 2 is 2.27 bits per heavy atom. The van der Waals surface area contributed by atoms with E-state index in [0.29, 0.717) is 0 Å². The number of aliphatic hydroxyl groups excluding tert-OH is 1. The third-order valence-corrected chi connectivity index (χ3v) is 3.07. The molecular formula is C11H14N2OS. The fourth-order valence-corrected chi connectivity index (χ4v) is 2.20. The Morgan fingerprint density at radius 3 is 3.07 bits per heavy atom. The summed E-state index contributed by atoms with van der Waals surface area (Å²) in [6.07, 6.45) is 0.503. The number of fused-ring (bicyclic) bond motifs is 1. The first-order chi connectivity index (χ1) is 7.27. The largest absolute Gasteiger partial charge is 0.393 e. The van der Waals surface area contributed by atoms with E-state index in [0.717, 1.165) is 28.9 Å². The Balaban J connectivity index is 2.08. The first-order valence-electron chi connectivity index (χ1n) is 5.04. The minimum atomic E-state index is -0.253. The summed E-state index contributed by atoms with van der Waals surface area (Å²) in [6, 6.07) is 8.06. The van der Waals surface area contributed by atoms with Gasteiger partial charge in [-0.05, 0) is 37.0 Å². The molecule has 1 aromatic heterocycles. The maximum absolute atomic E-state index is 9.14. The lowest BCUT2D eigenvalue weighted by Gasteiger charge is -2.05. The van der Waals surface area contributed by atoms with Gasteiger partial charge in [-0.1, -0.05) is 12.1 Å².